The molecule has 6 nitrogen and oxygen atoms in total. The normalized spacial score (nSPS) is 10.4. The van der Waals surface area contributed by atoms with Gasteiger partial charge in [0.1, 0.15) is 12.4 Å². The van der Waals surface area contributed by atoms with Crippen molar-refractivity contribution in [2.75, 3.05) is 5.75 Å². The van der Waals surface area contributed by atoms with E-state index < -0.39 is 5.91 Å². The van der Waals surface area contributed by atoms with Crippen LogP contribution in [0.5, 0.6) is 0 Å². The molecule has 0 unspecified atom stereocenters. The molecule has 2 aromatic rings. The number of benzene rings is 1. The summed E-state index contributed by atoms with van der Waals surface area (Å²) in [5.41, 5.74) is 5.83. The first-order valence-electron chi connectivity index (χ1n) is 5.97. The maximum atomic E-state index is 12.0. The minimum atomic E-state index is -0.468. The third-order valence-corrected chi connectivity index (χ3v) is 3.61. The average molecular weight is 290 g/mol. The van der Waals surface area contributed by atoms with Gasteiger partial charge >= 0.3 is 0 Å². The molecule has 7 heteroatoms. The zero-order valence-electron chi connectivity index (χ0n) is 10.9. The molecule has 0 radical (unpaired) electrons. The molecule has 0 aliphatic carbocycles. The van der Waals surface area contributed by atoms with Crippen molar-refractivity contribution in [2.24, 2.45) is 5.73 Å². The van der Waals surface area contributed by atoms with Crippen LogP contribution in [0.15, 0.2) is 35.5 Å². The van der Waals surface area contributed by atoms with E-state index in [1.54, 1.807) is 23.6 Å². The van der Waals surface area contributed by atoms with Gasteiger partial charge in [0.2, 0.25) is 5.91 Å². The van der Waals surface area contributed by atoms with Crippen LogP contribution < -0.4 is 5.73 Å². The van der Waals surface area contributed by atoms with E-state index in [0.717, 1.165) is 0 Å². The van der Waals surface area contributed by atoms with Gasteiger partial charge in [-0.1, -0.05) is 42.1 Å². The lowest BCUT2D eigenvalue weighted by Gasteiger charge is -2.05. The van der Waals surface area contributed by atoms with Gasteiger partial charge in [-0.05, 0) is 6.92 Å². The molecule has 1 heterocycles. The molecule has 2 rings (SSSR count). The molecule has 0 atom stereocenters. The van der Waals surface area contributed by atoms with Crippen LogP contribution in [0.1, 0.15) is 16.2 Å². The van der Waals surface area contributed by atoms with Crippen LogP contribution in [0.3, 0.4) is 0 Å². The predicted molar refractivity (Wildman–Crippen MR) is 75.4 cm³/mol. The summed E-state index contributed by atoms with van der Waals surface area (Å²) in [6, 6.07) is 9.02. The van der Waals surface area contributed by atoms with Crippen LogP contribution >= 0.6 is 11.8 Å². The molecular formula is C13H14N4O2S. The van der Waals surface area contributed by atoms with Gasteiger partial charge < -0.3 is 5.73 Å². The number of carbonyl (C=O) groups is 2. The number of amides is 1. The second-order valence-electron chi connectivity index (χ2n) is 4.16. The van der Waals surface area contributed by atoms with E-state index in [1.807, 2.05) is 18.2 Å². The van der Waals surface area contributed by atoms with Gasteiger partial charge in [0.05, 0.1) is 5.75 Å². The predicted octanol–water partition coefficient (Wildman–Crippen LogP) is 1.05. The quantitative estimate of drug-likeness (QED) is 0.634. The van der Waals surface area contributed by atoms with Gasteiger partial charge in [-0.3, -0.25) is 14.2 Å². The van der Waals surface area contributed by atoms with Crippen molar-refractivity contribution in [3.63, 3.8) is 0 Å². The molecule has 0 saturated carbocycles. The molecule has 0 spiro atoms. The molecule has 104 valence electrons. The largest absolute Gasteiger partial charge is 0.368 e. The number of hydrogen-bond donors (Lipinski definition) is 1. The first-order valence-corrected chi connectivity index (χ1v) is 6.95. The zero-order valence-corrected chi connectivity index (χ0v) is 11.8. The van der Waals surface area contributed by atoms with Crippen molar-refractivity contribution in [2.45, 2.75) is 18.6 Å². The number of thioether (sulfide) groups is 1. The number of carbonyl (C=O) groups excluding carboxylic acids is 2. The zero-order chi connectivity index (χ0) is 14.5. The summed E-state index contributed by atoms with van der Waals surface area (Å²) in [6.45, 7) is 1.75. The first-order chi connectivity index (χ1) is 9.58. The molecule has 1 aromatic carbocycles. The Morgan fingerprint density at radius 3 is 2.60 bits per heavy atom. The fourth-order valence-corrected chi connectivity index (χ4v) is 2.52. The third-order valence-electron chi connectivity index (χ3n) is 2.64. The van der Waals surface area contributed by atoms with Crippen LogP contribution in [-0.4, -0.2) is 32.2 Å². The number of nitrogens with zero attached hydrogens (tertiary/aromatic N) is 3. The highest BCUT2D eigenvalue weighted by atomic mass is 32.2. The summed E-state index contributed by atoms with van der Waals surface area (Å²) in [5.74, 6) is 0.366. The molecule has 0 saturated heterocycles. The van der Waals surface area contributed by atoms with Crippen molar-refractivity contribution >= 4 is 23.5 Å². The smallest absolute Gasteiger partial charge is 0.237 e. The number of Topliss-reactive ketones (excluding diaryl/α,β-unsaturated/α-hetero) is 1. The Labute approximate surface area is 120 Å². The van der Waals surface area contributed by atoms with Gasteiger partial charge in [0.15, 0.2) is 10.9 Å². The second-order valence-corrected chi connectivity index (χ2v) is 5.10. The Bertz CT molecular complexity index is 625. The topological polar surface area (TPSA) is 90.9 Å². The Morgan fingerprint density at radius 1 is 1.25 bits per heavy atom. The van der Waals surface area contributed by atoms with Crippen LogP contribution in [0.25, 0.3) is 0 Å². The van der Waals surface area contributed by atoms with E-state index >= 15 is 0 Å². The van der Waals surface area contributed by atoms with Gasteiger partial charge in [-0.25, -0.2) is 0 Å². The highest BCUT2D eigenvalue weighted by Crippen LogP contribution is 2.18. The Kier molecular flexibility index (Phi) is 4.52. The van der Waals surface area contributed by atoms with Crippen LogP contribution in [0.2, 0.25) is 0 Å². The molecule has 0 bridgehead atoms. The van der Waals surface area contributed by atoms with Gasteiger partial charge in [0, 0.05) is 5.56 Å². The van der Waals surface area contributed by atoms with Crippen LogP contribution in [0.4, 0.5) is 0 Å². The number of ketones is 1. The van der Waals surface area contributed by atoms with Crippen molar-refractivity contribution < 1.29 is 9.59 Å². The van der Waals surface area contributed by atoms with Crippen LogP contribution in [0, 0.1) is 6.92 Å². The minimum absolute atomic E-state index is 0.00174. The van der Waals surface area contributed by atoms with Gasteiger partial charge in [-0.15, -0.1) is 10.2 Å². The summed E-state index contributed by atoms with van der Waals surface area (Å²) in [6.07, 6.45) is 0. The number of primary amides is 1. The number of rotatable bonds is 6. The van der Waals surface area contributed by atoms with E-state index in [0.29, 0.717) is 16.5 Å². The molecule has 0 aliphatic heterocycles. The number of aromatic nitrogens is 3. The Hall–Kier alpha value is -2.15. The molecule has 20 heavy (non-hydrogen) atoms. The minimum Gasteiger partial charge on any atom is -0.368 e. The molecule has 0 fully saturated rings. The summed E-state index contributed by atoms with van der Waals surface area (Å²) in [7, 11) is 0. The molecule has 1 aromatic heterocycles. The maximum absolute atomic E-state index is 12.0. The maximum Gasteiger partial charge on any atom is 0.237 e. The van der Waals surface area contributed by atoms with Crippen LogP contribution in [-0.2, 0) is 11.3 Å². The summed E-state index contributed by atoms with van der Waals surface area (Å²) >= 11 is 1.24. The van der Waals surface area contributed by atoms with E-state index in [-0.39, 0.29) is 18.1 Å². The highest BCUT2D eigenvalue weighted by Gasteiger charge is 2.13. The Balaban J connectivity index is 2.04. The third kappa shape index (κ3) is 3.45. The van der Waals surface area contributed by atoms with Gasteiger partial charge in [-0.2, -0.15) is 0 Å². The Morgan fingerprint density at radius 2 is 1.95 bits per heavy atom. The number of nitrogens with two attached hydrogens (primary N) is 1. The highest BCUT2D eigenvalue weighted by molar-refractivity contribution is 7.99. The SMILES string of the molecule is Cc1nnc(SCC(=O)c2ccccc2)n1CC(N)=O. The van der Waals surface area contributed by atoms with Crippen molar-refractivity contribution in [1.82, 2.24) is 14.8 Å². The van der Waals surface area contributed by atoms with E-state index in [2.05, 4.69) is 10.2 Å². The molecule has 2 N–H and O–H groups in total. The van der Waals surface area contributed by atoms with Crippen molar-refractivity contribution in [3.05, 3.63) is 41.7 Å². The summed E-state index contributed by atoms with van der Waals surface area (Å²) in [4.78, 5) is 23.0. The molecule has 0 aliphatic rings. The lowest BCUT2D eigenvalue weighted by Crippen LogP contribution is -2.20. The molecule has 1 amide bonds. The lowest BCUT2D eigenvalue weighted by molar-refractivity contribution is -0.118. The van der Waals surface area contributed by atoms with E-state index in [1.165, 1.54) is 11.8 Å². The summed E-state index contributed by atoms with van der Waals surface area (Å²) in [5, 5.41) is 8.36. The van der Waals surface area contributed by atoms with Crippen molar-refractivity contribution in [3.8, 4) is 0 Å². The number of hydrogen-bond acceptors (Lipinski definition) is 5. The fourth-order valence-electron chi connectivity index (χ4n) is 1.64. The molecular weight excluding hydrogens is 276 g/mol. The monoisotopic (exact) mass is 290 g/mol. The van der Waals surface area contributed by atoms with E-state index in [4.69, 9.17) is 5.73 Å². The fraction of sp³-hybridized carbons (Fsp3) is 0.231. The van der Waals surface area contributed by atoms with E-state index in [9.17, 15) is 9.59 Å². The van der Waals surface area contributed by atoms with Gasteiger partial charge in [0.25, 0.3) is 0 Å². The standard InChI is InChI=1S/C13H14N4O2S/c1-9-15-16-13(17(9)7-12(14)19)20-8-11(18)10-5-3-2-4-6-10/h2-6H,7-8H2,1H3,(H2,14,19). The number of aryl methyl sites for hydroxylation is 1. The average Bonchev–Trinajstić information content (AvgIpc) is 2.78. The second kappa shape index (κ2) is 6.33. The first kappa shape index (κ1) is 14.3. The van der Waals surface area contributed by atoms with Crippen molar-refractivity contribution in [1.29, 1.82) is 0 Å². The summed E-state index contributed by atoms with van der Waals surface area (Å²) < 4.78 is 1.60. The lowest BCUT2D eigenvalue weighted by atomic mass is 10.2.